The zero-order valence-corrected chi connectivity index (χ0v) is 19.6. The van der Waals surface area contributed by atoms with Gasteiger partial charge in [0, 0.05) is 18.9 Å². The number of nitrogens with one attached hydrogen (secondary N) is 2. The van der Waals surface area contributed by atoms with E-state index in [2.05, 4.69) is 31.4 Å². The number of halogens is 1. The van der Waals surface area contributed by atoms with Gasteiger partial charge in [0.2, 0.25) is 0 Å². The third-order valence-electron chi connectivity index (χ3n) is 6.22. The molecule has 10 nitrogen and oxygen atoms in total. The van der Waals surface area contributed by atoms with Gasteiger partial charge in [0.05, 0.1) is 52.7 Å². The number of H-pyrrole nitrogens is 2. The Morgan fingerprint density at radius 2 is 1.92 bits per heavy atom. The monoisotopic (exact) mass is 494 g/mol. The van der Waals surface area contributed by atoms with Crippen LogP contribution in [0.2, 0.25) is 0 Å². The van der Waals surface area contributed by atoms with E-state index >= 15 is 4.39 Å². The molecule has 0 saturated carbocycles. The van der Waals surface area contributed by atoms with Crippen LogP contribution in [0.1, 0.15) is 16.7 Å². The lowest BCUT2D eigenvalue weighted by Crippen LogP contribution is -2.07. The van der Waals surface area contributed by atoms with Crippen LogP contribution in [0.15, 0.2) is 65.6 Å². The molecule has 0 amide bonds. The van der Waals surface area contributed by atoms with E-state index in [1.54, 1.807) is 48.3 Å². The molecular formula is C26H19FN8O2. The van der Waals surface area contributed by atoms with Gasteiger partial charge in [-0.3, -0.25) is 4.68 Å². The Hall–Kier alpha value is -5.08. The molecule has 2 N–H and O–H groups in total. The van der Waals surface area contributed by atoms with Crippen LogP contribution in [0.5, 0.6) is 0 Å². The molecular weight excluding hydrogens is 475 g/mol. The van der Waals surface area contributed by atoms with Gasteiger partial charge in [0.25, 0.3) is 0 Å². The number of hydrogen-bond acceptors (Lipinski definition) is 6. The Bertz CT molecular complexity index is 1890. The Morgan fingerprint density at radius 3 is 2.76 bits per heavy atom. The zero-order chi connectivity index (χ0) is 25.5. The SMILES string of the molecule is COCc1cc(C#N)ccc1Cn1nccc1-c1cc(F)c2nnn(-c3ccc4[nH]c(=O)[nH]c4c3)c2c1. The molecule has 0 aliphatic rings. The van der Waals surface area contributed by atoms with Crippen molar-refractivity contribution < 1.29 is 9.13 Å². The quantitative estimate of drug-likeness (QED) is 0.363. The number of nitriles is 1. The molecule has 0 aliphatic heterocycles. The van der Waals surface area contributed by atoms with Crippen molar-refractivity contribution in [2.75, 3.05) is 7.11 Å². The van der Waals surface area contributed by atoms with Crippen molar-refractivity contribution >= 4 is 22.1 Å². The number of hydrogen-bond donors (Lipinski definition) is 2. The van der Waals surface area contributed by atoms with Crippen LogP contribution >= 0.6 is 0 Å². The third-order valence-corrected chi connectivity index (χ3v) is 6.22. The average Bonchev–Trinajstić information content (AvgIpc) is 3.62. The number of rotatable bonds is 6. The first kappa shape index (κ1) is 22.4. The highest BCUT2D eigenvalue weighted by molar-refractivity contribution is 5.84. The lowest BCUT2D eigenvalue weighted by Gasteiger charge is -2.13. The number of methoxy groups -OCH3 is 1. The van der Waals surface area contributed by atoms with Crippen LogP contribution in [0, 0.1) is 17.1 Å². The van der Waals surface area contributed by atoms with E-state index < -0.39 is 5.82 Å². The van der Waals surface area contributed by atoms with Gasteiger partial charge < -0.3 is 14.7 Å². The lowest BCUT2D eigenvalue weighted by atomic mass is 10.0. The van der Waals surface area contributed by atoms with Gasteiger partial charge in [-0.1, -0.05) is 11.3 Å². The number of nitrogens with zero attached hydrogens (tertiary/aromatic N) is 6. The molecule has 0 fully saturated rings. The van der Waals surface area contributed by atoms with Gasteiger partial charge in [0.15, 0.2) is 5.82 Å². The second kappa shape index (κ2) is 8.85. The van der Waals surface area contributed by atoms with Gasteiger partial charge in [-0.15, -0.1) is 5.10 Å². The smallest absolute Gasteiger partial charge is 0.323 e. The minimum atomic E-state index is -0.513. The average molecular weight is 494 g/mol. The summed E-state index contributed by atoms with van der Waals surface area (Å²) < 4.78 is 23.8. The fourth-order valence-electron chi connectivity index (χ4n) is 4.48. The Morgan fingerprint density at radius 1 is 1.05 bits per heavy atom. The second-order valence-corrected chi connectivity index (χ2v) is 8.54. The minimum Gasteiger partial charge on any atom is -0.380 e. The fraction of sp³-hybridized carbons (Fsp3) is 0.115. The highest BCUT2D eigenvalue weighted by Crippen LogP contribution is 2.28. The molecule has 6 aromatic rings. The van der Waals surface area contributed by atoms with Gasteiger partial charge >= 0.3 is 5.69 Å². The maximum atomic E-state index is 15.2. The van der Waals surface area contributed by atoms with Crippen LogP contribution in [-0.4, -0.2) is 41.9 Å². The number of benzene rings is 3. The van der Waals surface area contributed by atoms with Crippen molar-refractivity contribution in [2.45, 2.75) is 13.2 Å². The number of imidazole rings is 1. The predicted octanol–water partition coefficient (Wildman–Crippen LogP) is 3.66. The number of aromatic nitrogens is 7. The Kier molecular flexibility index (Phi) is 5.36. The van der Waals surface area contributed by atoms with Crippen molar-refractivity contribution in [1.82, 2.24) is 34.7 Å². The second-order valence-electron chi connectivity index (χ2n) is 8.54. The third kappa shape index (κ3) is 3.95. The maximum Gasteiger partial charge on any atom is 0.323 e. The van der Waals surface area contributed by atoms with Crippen molar-refractivity contribution in [3.05, 3.63) is 93.8 Å². The summed E-state index contributed by atoms with van der Waals surface area (Å²) >= 11 is 0. The first-order chi connectivity index (χ1) is 18.0. The largest absolute Gasteiger partial charge is 0.380 e. The molecule has 3 aromatic heterocycles. The molecule has 37 heavy (non-hydrogen) atoms. The topological polar surface area (TPSA) is 130 Å². The molecule has 0 saturated heterocycles. The van der Waals surface area contributed by atoms with E-state index in [9.17, 15) is 10.1 Å². The molecule has 182 valence electrons. The fourth-order valence-corrected chi connectivity index (χ4v) is 4.48. The van der Waals surface area contributed by atoms with E-state index in [0.29, 0.717) is 52.2 Å². The van der Waals surface area contributed by atoms with Crippen LogP contribution < -0.4 is 5.69 Å². The van der Waals surface area contributed by atoms with E-state index in [1.165, 1.54) is 10.7 Å². The summed E-state index contributed by atoms with van der Waals surface area (Å²) in [5, 5.41) is 21.9. The number of fused-ring (bicyclic) bond motifs is 2. The van der Waals surface area contributed by atoms with Gasteiger partial charge in [0.1, 0.15) is 5.52 Å². The molecule has 3 aromatic carbocycles. The van der Waals surface area contributed by atoms with Crippen LogP contribution in [0.3, 0.4) is 0 Å². The standard InChI is InChI=1S/C26H19FN8O2/c1-37-14-18-8-15(12-28)2-3-16(18)13-34-23(6-7-29-34)17-9-20(27)25-24(10-17)35(33-32-25)19-4-5-21-22(11-19)31-26(36)30-21/h2-11H,13-14H2,1H3,(H2,30,31,36). The normalized spacial score (nSPS) is 11.4. The molecule has 0 atom stereocenters. The first-order valence-corrected chi connectivity index (χ1v) is 11.3. The lowest BCUT2D eigenvalue weighted by molar-refractivity contribution is 0.184. The van der Waals surface area contributed by atoms with E-state index in [0.717, 1.165) is 11.1 Å². The highest BCUT2D eigenvalue weighted by Gasteiger charge is 2.17. The van der Waals surface area contributed by atoms with Crippen LogP contribution in [0.25, 0.3) is 39.0 Å². The molecule has 11 heteroatoms. The zero-order valence-electron chi connectivity index (χ0n) is 19.6. The minimum absolute atomic E-state index is 0.131. The number of aromatic amines is 2. The first-order valence-electron chi connectivity index (χ1n) is 11.3. The van der Waals surface area contributed by atoms with E-state index in [4.69, 9.17) is 4.74 Å². The molecule has 0 spiro atoms. The van der Waals surface area contributed by atoms with Gasteiger partial charge in [-0.05, 0) is 59.7 Å². The Balaban J connectivity index is 1.43. The van der Waals surface area contributed by atoms with E-state index in [1.807, 2.05) is 18.2 Å². The summed E-state index contributed by atoms with van der Waals surface area (Å²) in [5.74, 6) is -0.513. The summed E-state index contributed by atoms with van der Waals surface area (Å²) in [6, 6.07) is 17.9. The summed E-state index contributed by atoms with van der Waals surface area (Å²) in [6.07, 6.45) is 1.66. The van der Waals surface area contributed by atoms with Crippen molar-refractivity contribution in [3.8, 4) is 23.0 Å². The molecule has 0 aliphatic carbocycles. The van der Waals surface area contributed by atoms with Gasteiger partial charge in [-0.25, -0.2) is 13.9 Å². The summed E-state index contributed by atoms with van der Waals surface area (Å²) in [4.78, 5) is 17.1. The summed E-state index contributed by atoms with van der Waals surface area (Å²) in [5.41, 5.74) is 5.84. The summed E-state index contributed by atoms with van der Waals surface area (Å²) in [6.45, 7) is 0.755. The van der Waals surface area contributed by atoms with Crippen molar-refractivity contribution in [2.24, 2.45) is 0 Å². The van der Waals surface area contributed by atoms with Crippen molar-refractivity contribution in [3.63, 3.8) is 0 Å². The van der Waals surface area contributed by atoms with Crippen LogP contribution in [-0.2, 0) is 17.9 Å². The molecule has 6 rings (SSSR count). The molecule has 0 radical (unpaired) electrons. The maximum absolute atomic E-state index is 15.2. The van der Waals surface area contributed by atoms with Gasteiger partial charge in [-0.2, -0.15) is 10.4 Å². The van der Waals surface area contributed by atoms with E-state index in [-0.39, 0.29) is 11.2 Å². The van der Waals surface area contributed by atoms with Crippen molar-refractivity contribution in [1.29, 1.82) is 5.26 Å². The molecule has 3 heterocycles. The molecule has 0 unspecified atom stereocenters. The summed E-state index contributed by atoms with van der Waals surface area (Å²) in [7, 11) is 1.60. The number of ether oxygens (including phenoxy) is 1. The van der Waals surface area contributed by atoms with Crippen LogP contribution in [0.4, 0.5) is 4.39 Å². The predicted molar refractivity (Wildman–Crippen MR) is 133 cm³/mol. The molecule has 0 bridgehead atoms. The highest BCUT2D eigenvalue weighted by atomic mass is 19.1. The Labute approximate surface area is 208 Å².